The highest BCUT2D eigenvalue weighted by atomic mass is 16.1. The lowest BCUT2D eigenvalue weighted by Gasteiger charge is -2.14. The molecule has 0 aliphatic heterocycles. The van der Waals surface area contributed by atoms with E-state index in [4.69, 9.17) is 0 Å². The SMILES string of the molecule is C[C@@H](c1ccc(Nc2ncnc3ccc(NC(=O)C#CC4CC4)cc23)cc1)c1ccn2ncnc2c1. The Labute approximate surface area is 207 Å². The lowest BCUT2D eigenvalue weighted by Crippen LogP contribution is -2.08. The van der Waals surface area contributed by atoms with Gasteiger partial charge in [0.1, 0.15) is 18.5 Å². The smallest absolute Gasteiger partial charge is 0.300 e. The average molecular weight is 474 g/mol. The summed E-state index contributed by atoms with van der Waals surface area (Å²) in [6.07, 6.45) is 7.19. The van der Waals surface area contributed by atoms with Crippen LogP contribution < -0.4 is 10.6 Å². The van der Waals surface area contributed by atoms with Crippen molar-refractivity contribution in [3.05, 3.63) is 84.6 Å². The van der Waals surface area contributed by atoms with Crippen molar-refractivity contribution in [1.29, 1.82) is 0 Å². The third-order valence-electron chi connectivity index (χ3n) is 6.34. The van der Waals surface area contributed by atoms with Gasteiger partial charge in [0.25, 0.3) is 5.91 Å². The van der Waals surface area contributed by atoms with Crippen molar-refractivity contribution in [3.8, 4) is 11.8 Å². The number of anilines is 3. The highest BCUT2D eigenvalue weighted by molar-refractivity contribution is 6.05. The molecular weight excluding hydrogens is 450 g/mol. The number of hydrogen-bond acceptors (Lipinski definition) is 6. The number of fused-ring (bicyclic) bond motifs is 2. The van der Waals surface area contributed by atoms with Crippen LogP contribution in [0.5, 0.6) is 0 Å². The molecule has 0 unspecified atom stereocenters. The molecular formula is C28H23N7O. The summed E-state index contributed by atoms with van der Waals surface area (Å²) >= 11 is 0. The van der Waals surface area contributed by atoms with Gasteiger partial charge in [-0.1, -0.05) is 25.0 Å². The van der Waals surface area contributed by atoms with E-state index in [-0.39, 0.29) is 11.8 Å². The zero-order valence-electron chi connectivity index (χ0n) is 19.6. The number of carbonyl (C=O) groups is 1. The number of benzene rings is 2. The van der Waals surface area contributed by atoms with E-state index >= 15 is 0 Å². The molecule has 1 fully saturated rings. The van der Waals surface area contributed by atoms with Crippen molar-refractivity contribution in [2.24, 2.45) is 5.92 Å². The van der Waals surface area contributed by atoms with E-state index in [1.165, 1.54) is 17.5 Å². The van der Waals surface area contributed by atoms with Gasteiger partial charge in [-0.25, -0.2) is 19.5 Å². The molecule has 0 saturated heterocycles. The van der Waals surface area contributed by atoms with Crippen molar-refractivity contribution >= 4 is 39.6 Å². The van der Waals surface area contributed by atoms with Gasteiger partial charge in [0.05, 0.1) is 5.52 Å². The first-order chi connectivity index (χ1) is 17.6. The second-order valence-corrected chi connectivity index (χ2v) is 8.94. The van der Waals surface area contributed by atoms with Crippen LogP contribution in [0.15, 0.2) is 73.4 Å². The molecule has 2 N–H and O–H groups in total. The molecule has 8 heteroatoms. The number of aromatic nitrogens is 5. The first-order valence-electron chi connectivity index (χ1n) is 11.9. The molecule has 36 heavy (non-hydrogen) atoms. The molecule has 1 amide bonds. The van der Waals surface area contributed by atoms with Gasteiger partial charge in [0.15, 0.2) is 5.65 Å². The largest absolute Gasteiger partial charge is 0.340 e. The Bertz CT molecular complexity index is 1640. The number of nitrogens with zero attached hydrogens (tertiary/aromatic N) is 5. The molecule has 0 radical (unpaired) electrons. The van der Waals surface area contributed by atoms with Gasteiger partial charge >= 0.3 is 0 Å². The number of amides is 1. The number of hydrogen-bond donors (Lipinski definition) is 2. The van der Waals surface area contributed by atoms with Crippen LogP contribution in [0.1, 0.15) is 36.8 Å². The molecule has 3 aromatic heterocycles. The summed E-state index contributed by atoms with van der Waals surface area (Å²) in [7, 11) is 0. The fourth-order valence-electron chi connectivity index (χ4n) is 4.08. The van der Waals surface area contributed by atoms with Gasteiger partial charge in [-0.2, -0.15) is 5.10 Å². The van der Waals surface area contributed by atoms with Crippen LogP contribution in [0.3, 0.4) is 0 Å². The standard InChI is InChI=1S/C28H23N7O/c1-18(21-12-13-35-26(14-21)30-17-32-35)20-5-7-22(8-6-20)34-28-24-15-23(9-10-25(24)29-16-31-28)33-27(36)11-4-19-2-3-19/h5-10,12-19H,2-3H2,1H3,(H,33,36)(H,29,31,34)/t18-/m0/s1. The van der Waals surface area contributed by atoms with Crippen LogP contribution in [-0.4, -0.2) is 30.5 Å². The van der Waals surface area contributed by atoms with Gasteiger partial charge in [-0.3, -0.25) is 4.79 Å². The van der Waals surface area contributed by atoms with Gasteiger partial charge in [0.2, 0.25) is 0 Å². The molecule has 1 aliphatic rings. The monoisotopic (exact) mass is 473 g/mol. The number of carbonyl (C=O) groups excluding carboxylic acids is 1. The third-order valence-corrected chi connectivity index (χ3v) is 6.34. The van der Waals surface area contributed by atoms with Gasteiger partial charge in [-0.05, 0) is 72.4 Å². The van der Waals surface area contributed by atoms with Crippen LogP contribution in [0.25, 0.3) is 16.6 Å². The minimum Gasteiger partial charge on any atom is -0.340 e. The molecule has 3 heterocycles. The molecule has 5 aromatic rings. The molecule has 1 atom stereocenters. The van der Waals surface area contributed by atoms with E-state index in [9.17, 15) is 4.79 Å². The Kier molecular flexibility index (Phi) is 5.51. The topological polar surface area (TPSA) is 97.1 Å². The zero-order chi connectivity index (χ0) is 24.5. The summed E-state index contributed by atoms with van der Waals surface area (Å²) in [6, 6.07) is 18.0. The minimum atomic E-state index is -0.305. The summed E-state index contributed by atoms with van der Waals surface area (Å²) in [6.45, 7) is 2.17. The molecule has 2 aromatic carbocycles. The fraction of sp³-hybridized carbons (Fsp3) is 0.179. The second kappa shape index (κ2) is 9.12. The van der Waals surface area contributed by atoms with Gasteiger partial charge in [0, 0.05) is 34.8 Å². The van der Waals surface area contributed by atoms with Crippen molar-refractivity contribution in [2.45, 2.75) is 25.7 Å². The maximum Gasteiger partial charge on any atom is 0.300 e. The quantitative estimate of drug-likeness (QED) is 0.352. The molecule has 1 aliphatic carbocycles. The Morgan fingerprint density at radius 1 is 0.972 bits per heavy atom. The fourth-order valence-corrected chi connectivity index (χ4v) is 4.08. The van der Waals surface area contributed by atoms with E-state index in [0.717, 1.165) is 35.1 Å². The number of nitrogens with one attached hydrogen (secondary N) is 2. The highest BCUT2D eigenvalue weighted by Crippen LogP contribution is 2.29. The molecule has 0 spiro atoms. The number of rotatable bonds is 5. The molecule has 176 valence electrons. The maximum atomic E-state index is 12.2. The lowest BCUT2D eigenvalue weighted by atomic mass is 9.94. The van der Waals surface area contributed by atoms with Crippen molar-refractivity contribution in [3.63, 3.8) is 0 Å². The number of pyridine rings is 1. The van der Waals surface area contributed by atoms with Crippen LogP contribution in [0.2, 0.25) is 0 Å². The van der Waals surface area contributed by atoms with Crippen LogP contribution >= 0.6 is 0 Å². The van der Waals surface area contributed by atoms with E-state index in [2.05, 4.69) is 73.7 Å². The van der Waals surface area contributed by atoms with Gasteiger partial charge < -0.3 is 10.6 Å². The second-order valence-electron chi connectivity index (χ2n) is 8.94. The molecule has 0 bridgehead atoms. The van der Waals surface area contributed by atoms with E-state index in [0.29, 0.717) is 17.4 Å². The maximum absolute atomic E-state index is 12.2. The summed E-state index contributed by atoms with van der Waals surface area (Å²) in [5, 5.41) is 11.2. The lowest BCUT2D eigenvalue weighted by molar-refractivity contribution is -0.111. The van der Waals surface area contributed by atoms with E-state index in [1.807, 2.05) is 36.5 Å². The molecule has 8 nitrogen and oxygen atoms in total. The van der Waals surface area contributed by atoms with Crippen LogP contribution in [0.4, 0.5) is 17.2 Å². The highest BCUT2D eigenvalue weighted by Gasteiger charge is 2.18. The van der Waals surface area contributed by atoms with Crippen LogP contribution in [-0.2, 0) is 4.79 Å². The predicted octanol–water partition coefficient (Wildman–Crippen LogP) is 4.92. The first-order valence-corrected chi connectivity index (χ1v) is 11.9. The summed E-state index contributed by atoms with van der Waals surface area (Å²) in [5.41, 5.74) is 5.54. The summed E-state index contributed by atoms with van der Waals surface area (Å²) in [5.74, 6) is 6.60. The molecule has 1 saturated carbocycles. The average Bonchev–Trinajstić information content (AvgIpc) is 3.62. The Balaban J connectivity index is 1.21. The minimum absolute atomic E-state index is 0.204. The van der Waals surface area contributed by atoms with Crippen molar-refractivity contribution in [1.82, 2.24) is 24.6 Å². The Morgan fingerprint density at radius 2 is 1.81 bits per heavy atom. The van der Waals surface area contributed by atoms with E-state index < -0.39 is 0 Å². The summed E-state index contributed by atoms with van der Waals surface area (Å²) < 4.78 is 1.76. The first kappa shape index (κ1) is 21.7. The summed E-state index contributed by atoms with van der Waals surface area (Å²) in [4.78, 5) is 25.2. The Hall–Kier alpha value is -4.77. The zero-order valence-corrected chi connectivity index (χ0v) is 19.6. The molecule has 6 rings (SSSR count). The van der Waals surface area contributed by atoms with E-state index in [1.54, 1.807) is 10.8 Å². The van der Waals surface area contributed by atoms with Crippen LogP contribution in [0, 0.1) is 17.8 Å². The Morgan fingerprint density at radius 3 is 2.64 bits per heavy atom. The van der Waals surface area contributed by atoms with Crippen molar-refractivity contribution < 1.29 is 4.79 Å². The van der Waals surface area contributed by atoms with Gasteiger partial charge in [-0.15, -0.1) is 0 Å². The third kappa shape index (κ3) is 4.59. The normalized spacial score (nSPS) is 13.7. The van der Waals surface area contributed by atoms with Crippen molar-refractivity contribution in [2.75, 3.05) is 10.6 Å². The predicted molar refractivity (Wildman–Crippen MR) is 139 cm³/mol.